The number of halogens is 1. The van der Waals surface area contributed by atoms with Gasteiger partial charge in [0.25, 0.3) is 11.8 Å². The van der Waals surface area contributed by atoms with Crippen molar-refractivity contribution in [1.82, 2.24) is 10.2 Å². The molecule has 0 aliphatic rings. The van der Waals surface area contributed by atoms with E-state index in [-0.39, 0.29) is 29.5 Å². The van der Waals surface area contributed by atoms with E-state index < -0.39 is 18.0 Å². The van der Waals surface area contributed by atoms with Crippen LogP contribution in [0.15, 0.2) is 42.5 Å². The first-order chi connectivity index (χ1) is 18.5. The van der Waals surface area contributed by atoms with Crippen LogP contribution in [0.25, 0.3) is 0 Å². The number of carbonyl (C=O) groups excluding carboxylic acids is 3. The lowest BCUT2D eigenvalue weighted by Gasteiger charge is -2.28. The van der Waals surface area contributed by atoms with E-state index in [1.807, 2.05) is 34.6 Å². The van der Waals surface area contributed by atoms with Gasteiger partial charge < -0.3 is 26.0 Å². The normalized spacial score (nSPS) is 13.4. The zero-order valence-corrected chi connectivity index (χ0v) is 23.9. The average Bonchev–Trinajstić information content (AvgIpc) is 2.89. The van der Waals surface area contributed by atoms with Gasteiger partial charge in [0.05, 0.1) is 6.61 Å². The maximum atomic E-state index is 13.4. The Hall–Kier alpha value is -3.46. The lowest BCUT2D eigenvalue weighted by molar-refractivity contribution is -0.119. The Labute approximate surface area is 231 Å². The van der Waals surface area contributed by atoms with Crippen LogP contribution in [0.5, 0.6) is 5.75 Å². The fourth-order valence-corrected chi connectivity index (χ4v) is 4.38. The molecular weight excluding hydrogens is 499 g/mol. The van der Waals surface area contributed by atoms with Crippen molar-refractivity contribution in [3.05, 3.63) is 59.4 Å². The molecule has 3 amide bonds. The number of rotatable bonds is 14. The van der Waals surface area contributed by atoms with Gasteiger partial charge in [0.2, 0.25) is 5.91 Å². The summed E-state index contributed by atoms with van der Waals surface area (Å²) in [6.45, 7) is 13.0. The number of anilines is 1. The number of nitrogens with zero attached hydrogens (tertiary/aromatic N) is 1. The Kier molecular flexibility index (Phi) is 12.4. The number of ether oxygens (including phenoxy) is 1. The van der Waals surface area contributed by atoms with Crippen LogP contribution >= 0.6 is 0 Å². The summed E-state index contributed by atoms with van der Waals surface area (Å²) in [6.07, 6.45) is 0.935. The molecule has 2 aromatic carbocycles. The first kappa shape index (κ1) is 31.8. The lowest BCUT2D eigenvalue weighted by Crippen LogP contribution is -2.49. The highest BCUT2D eigenvalue weighted by atomic mass is 19.1. The van der Waals surface area contributed by atoms with Crippen LogP contribution in [0.4, 0.5) is 10.1 Å². The quantitative estimate of drug-likeness (QED) is 0.316. The van der Waals surface area contributed by atoms with E-state index in [0.29, 0.717) is 55.1 Å². The molecule has 3 unspecified atom stereocenters. The molecule has 39 heavy (non-hydrogen) atoms. The predicted molar refractivity (Wildman–Crippen MR) is 152 cm³/mol. The van der Waals surface area contributed by atoms with Crippen LogP contribution < -0.4 is 21.1 Å². The Morgan fingerprint density at radius 1 is 0.949 bits per heavy atom. The van der Waals surface area contributed by atoms with E-state index >= 15 is 0 Å². The minimum absolute atomic E-state index is 0.174. The highest BCUT2D eigenvalue weighted by Crippen LogP contribution is 2.21. The number of nitrogens with two attached hydrogens (primary N) is 1. The van der Waals surface area contributed by atoms with E-state index in [0.717, 1.165) is 0 Å². The third-order valence-electron chi connectivity index (χ3n) is 6.52. The topological polar surface area (TPSA) is 114 Å². The van der Waals surface area contributed by atoms with Gasteiger partial charge in [-0.3, -0.25) is 14.4 Å². The Balaban J connectivity index is 2.20. The molecule has 0 aromatic heterocycles. The molecule has 0 spiro atoms. The highest BCUT2D eigenvalue weighted by Gasteiger charge is 2.27. The van der Waals surface area contributed by atoms with Crippen molar-refractivity contribution in [1.29, 1.82) is 0 Å². The van der Waals surface area contributed by atoms with Crippen molar-refractivity contribution in [2.24, 2.45) is 17.6 Å². The molecule has 214 valence electrons. The van der Waals surface area contributed by atoms with E-state index in [9.17, 15) is 18.8 Å². The summed E-state index contributed by atoms with van der Waals surface area (Å²) >= 11 is 0. The van der Waals surface area contributed by atoms with E-state index in [4.69, 9.17) is 10.5 Å². The van der Waals surface area contributed by atoms with Gasteiger partial charge in [-0.25, -0.2) is 4.39 Å². The van der Waals surface area contributed by atoms with Gasteiger partial charge in [0.1, 0.15) is 11.6 Å². The number of amides is 3. The molecule has 0 aliphatic heterocycles. The van der Waals surface area contributed by atoms with Crippen LogP contribution in [0.3, 0.4) is 0 Å². The monoisotopic (exact) mass is 542 g/mol. The Morgan fingerprint density at radius 2 is 1.56 bits per heavy atom. The number of benzene rings is 2. The molecule has 0 radical (unpaired) electrons. The summed E-state index contributed by atoms with van der Waals surface area (Å²) < 4.78 is 18.8. The van der Waals surface area contributed by atoms with Gasteiger partial charge in [-0.05, 0) is 82.0 Å². The zero-order chi connectivity index (χ0) is 29.1. The van der Waals surface area contributed by atoms with Crippen molar-refractivity contribution >= 4 is 23.4 Å². The SMILES string of the molecule is CCOc1cc(C(=O)NC(CC(C)C)C(N)CC(C)C(=O)Nc2ccc(F)cc2)cc(C(=O)N(CC)CC)c1. The molecule has 8 nitrogen and oxygen atoms in total. The van der Waals surface area contributed by atoms with Gasteiger partial charge in [0, 0.05) is 47.9 Å². The van der Waals surface area contributed by atoms with Gasteiger partial charge >= 0.3 is 0 Å². The summed E-state index contributed by atoms with van der Waals surface area (Å²) in [5.74, 6) is -0.934. The maximum Gasteiger partial charge on any atom is 0.253 e. The Morgan fingerprint density at radius 3 is 2.13 bits per heavy atom. The number of hydrogen-bond acceptors (Lipinski definition) is 5. The number of nitrogens with one attached hydrogen (secondary N) is 2. The zero-order valence-electron chi connectivity index (χ0n) is 23.9. The largest absolute Gasteiger partial charge is 0.494 e. The van der Waals surface area contributed by atoms with Crippen molar-refractivity contribution < 1.29 is 23.5 Å². The molecule has 0 saturated carbocycles. The summed E-state index contributed by atoms with van der Waals surface area (Å²) in [7, 11) is 0. The fraction of sp³-hybridized carbons (Fsp3) is 0.500. The number of carbonyl (C=O) groups is 3. The minimum Gasteiger partial charge on any atom is -0.494 e. The van der Waals surface area contributed by atoms with Crippen molar-refractivity contribution in [2.45, 2.75) is 66.5 Å². The minimum atomic E-state index is -0.503. The van der Waals surface area contributed by atoms with Gasteiger partial charge in [-0.1, -0.05) is 20.8 Å². The standard InChI is InChI=1S/C30H43FN4O4/c1-7-35(8-2)30(38)22-16-21(17-25(18-22)39-9-3)29(37)34-27(14-19(4)5)26(32)15-20(6)28(36)33-24-12-10-23(31)11-13-24/h10-13,16-20,26-27H,7-9,14-15,32H2,1-6H3,(H,33,36)(H,34,37). The van der Waals surface area contributed by atoms with Crippen molar-refractivity contribution in [3.63, 3.8) is 0 Å². The Bertz CT molecular complexity index is 1100. The van der Waals surface area contributed by atoms with E-state index in [2.05, 4.69) is 10.6 Å². The summed E-state index contributed by atoms with van der Waals surface area (Å²) in [4.78, 5) is 40.8. The van der Waals surface area contributed by atoms with Crippen LogP contribution in [0.1, 0.15) is 75.1 Å². The summed E-state index contributed by atoms with van der Waals surface area (Å²) in [5, 5.41) is 5.82. The molecule has 0 saturated heterocycles. The van der Waals surface area contributed by atoms with Crippen molar-refractivity contribution in [3.8, 4) is 5.75 Å². The van der Waals surface area contributed by atoms with Gasteiger partial charge in [-0.2, -0.15) is 0 Å². The third kappa shape index (κ3) is 9.66. The molecule has 0 bridgehead atoms. The fourth-order valence-electron chi connectivity index (χ4n) is 4.38. The smallest absolute Gasteiger partial charge is 0.253 e. The van der Waals surface area contributed by atoms with E-state index in [1.54, 1.807) is 30.0 Å². The molecule has 3 atom stereocenters. The second kappa shape index (κ2) is 15.2. The molecule has 4 N–H and O–H groups in total. The second-order valence-electron chi connectivity index (χ2n) is 10.2. The average molecular weight is 543 g/mol. The second-order valence-corrected chi connectivity index (χ2v) is 10.2. The molecule has 9 heteroatoms. The van der Waals surface area contributed by atoms with E-state index in [1.165, 1.54) is 24.3 Å². The molecule has 0 fully saturated rings. The maximum absolute atomic E-state index is 13.4. The van der Waals surface area contributed by atoms with Crippen LogP contribution in [-0.4, -0.2) is 54.4 Å². The van der Waals surface area contributed by atoms with Crippen molar-refractivity contribution in [2.75, 3.05) is 25.0 Å². The molecular formula is C30H43FN4O4. The highest BCUT2D eigenvalue weighted by molar-refractivity contribution is 6.00. The lowest BCUT2D eigenvalue weighted by atomic mass is 9.90. The first-order valence-electron chi connectivity index (χ1n) is 13.7. The summed E-state index contributed by atoms with van der Waals surface area (Å²) in [5.41, 5.74) is 7.73. The van der Waals surface area contributed by atoms with Crippen LogP contribution in [0.2, 0.25) is 0 Å². The molecule has 0 heterocycles. The van der Waals surface area contributed by atoms with Gasteiger partial charge in [-0.15, -0.1) is 0 Å². The molecule has 0 aliphatic carbocycles. The predicted octanol–water partition coefficient (Wildman–Crippen LogP) is 4.84. The first-order valence-corrected chi connectivity index (χ1v) is 13.7. The van der Waals surface area contributed by atoms with Crippen LogP contribution in [-0.2, 0) is 4.79 Å². The molecule has 2 rings (SSSR count). The van der Waals surface area contributed by atoms with Gasteiger partial charge in [0.15, 0.2) is 0 Å². The molecule has 2 aromatic rings. The summed E-state index contributed by atoms with van der Waals surface area (Å²) in [6, 6.07) is 9.50. The van der Waals surface area contributed by atoms with Crippen LogP contribution in [0, 0.1) is 17.7 Å². The number of hydrogen-bond donors (Lipinski definition) is 3. The third-order valence-corrected chi connectivity index (χ3v) is 6.52.